The molecule has 0 N–H and O–H groups in total. The van der Waals surface area contributed by atoms with Crippen LogP contribution in [0.1, 0.15) is 31.4 Å². The number of rotatable bonds is 5. The van der Waals surface area contributed by atoms with Crippen LogP contribution in [0.15, 0.2) is 60.7 Å². The third kappa shape index (κ3) is 3.11. The van der Waals surface area contributed by atoms with Gasteiger partial charge in [-0.1, -0.05) is 60.7 Å². The number of carbonyl (C=O) groups excluding carboxylic acids is 1. The smallest absolute Gasteiger partial charge is 0.140 e. The summed E-state index contributed by atoms with van der Waals surface area (Å²) in [5.74, 6) is 0.231. The first-order valence-electron chi connectivity index (χ1n) is 6.73. The normalized spacial score (nSPS) is 13.8. The molecule has 0 aromatic heterocycles. The second-order valence-corrected chi connectivity index (χ2v) is 5.24. The van der Waals surface area contributed by atoms with E-state index in [4.69, 9.17) is 0 Å². The van der Waals surface area contributed by atoms with E-state index in [1.807, 2.05) is 55.5 Å². The Morgan fingerprint density at radius 1 is 0.947 bits per heavy atom. The first-order chi connectivity index (χ1) is 9.13. The number of aryl methyl sites for hydroxylation is 1. The Kier molecular flexibility index (Phi) is 4.16. The Morgan fingerprint density at radius 2 is 1.47 bits per heavy atom. The van der Waals surface area contributed by atoms with E-state index in [9.17, 15) is 4.79 Å². The van der Waals surface area contributed by atoms with E-state index in [0.29, 0.717) is 0 Å². The fourth-order valence-electron chi connectivity index (χ4n) is 2.37. The minimum Gasteiger partial charge on any atom is -0.299 e. The molecule has 1 heteroatoms. The van der Waals surface area contributed by atoms with Crippen LogP contribution in [-0.4, -0.2) is 5.78 Å². The van der Waals surface area contributed by atoms with Gasteiger partial charge in [0.1, 0.15) is 5.78 Å². The fourth-order valence-corrected chi connectivity index (χ4v) is 2.37. The van der Waals surface area contributed by atoms with Crippen molar-refractivity contribution in [2.45, 2.75) is 32.1 Å². The van der Waals surface area contributed by atoms with Crippen LogP contribution in [0.5, 0.6) is 0 Å². The molecule has 2 aromatic carbocycles. The summed E-state index contributed by atoms with van der Waals surface area (Å²) in [7, 11) is 0. The maximum Gasteiger partial charge on any atom is 0.140 e. The molecule has 0 aliphatic heterocycles. The highest BCUT2D eigenvalue weighted by atomic mass is 16.1. The van der Waals surface area contributed by atoms with Crippen molar-refractivity contribution in [1.82, 2.24) is 0 Å². The standard InChI is InChI=1S/C18H20O/c1-15(19)18(2,17-11-7-4-8-12-17)14-13-16-9-5-3-6-10-16/h3-12H,13-14H2,1-2H3. The molecule has 0 aliphatic carbocycles. The Hall–Kier alpha value is -1.89. The minimum atomic E-state index is -0.392. The summed E-state index contributed by atoms with van der Waals surface area (Å²) in [5.41, 5.74) is 2.00. The molecule has 0 radical (unpaired) electrons. The third-order valence-corrected chi connectivity index (χ3v) is 3.94. The van der Waals surface area contributed by atoms with Crippen LogP contribution in [0.3, 0.4) is 0 Å². The average molecular weight is 252 g/mol. The van der Waals surface area contributed by atoms with Crippen LogP contribution in [0, 0.1) is 0 Å². The monoisotopic (exact) mass is 252 g/mol. The highest BCUT2D eigenvalue weighted by Crippen LogP contribution is 2.30. The van der Waals surface area contributed by atoms with Gasteiger partial charge in [-0.3, -0.25) is 4.79 Å². The second kappa shape index (κ2) is 5.83. The molecule has 0 aliphatic rings. The quantitative estimate of drug-likeness (QED) is 0.780. The van der Waals surface area contributed by atoms with Crippen molar-refractivity contribution in [1.29, 1.82) is 0 Å². The van der Waals surface area contributed by atoms with Crippen molar-refractivity contribution < 1.29 is 4.79 Å². The van der Waals surface area contributed by atoms with Crippen LogP contribution in [0.4, 0.5) is 0 Å². The molecule has 1 nitrogen and oxygen atoms in total. The Labute approximate surface area is 115 Å². The van der Waals surface area contributed by atoms with E-state index < -0.39 is 5.41 Å². The average Bonchev–Trinajstić information content (AvgIpc) is 2.46. The van der Waals surface area contributed by atoms with Gasteiger partial charge >= 0.3 is 0 Å². The van der Waals surface area contributed by atoms with E-state index >= 15 is 0 Å². The molecule has 0 saturated heterocycles. The summed E-state index contributed by atoms with van der Waals surface area (Å²) in [4.78, 5) is 12.1. The Balaban J connectivity index is 2.19. The van der Waals surface area contributed by atoms with Gasteiger partial charge in [0.15, 0.2) is 0 Å². The first kappa shape index (κ1) is 13.5. The maximum absolute atomic E-state index is 12.1. The molecule has 98 valence electrons. The van der Waals surface area contributed by atoms with E-state index in [0.717, 1.165) is 18.4 Å². The molecule has 0 spiro atoms. The highest BCUT2D eigenvalue weighted by molar-refractivity contribution is 5.87. The summed E-state index contributed by atoms with van der Waals surface area (Å²) in [6.45, 7) is 3.74. The Morgan fingerprint density at radius 3 is 2.00 bits per heavy atom. The molecule has 1 atom stereocenters. The lowest BCUT2D eigenvalue weighted by molar-refractivity contribution is -0.122. The molecule has 1 unspecified atom stereocenters. The van der Waals surface area contributed by atoms with Gasteiger partial charge in [-0.05, 0) is 37.8 Å². The molecule has 0 heterocycles. The molecule has 19 heavy (non-hydrogen) atoms. The van der Waals surface area contributed by atoms with E-state index in [1.54, 1.807) is 6.92 Å². The van der Waals surface area contributed by atoms with Gasteiger partial charge in [0, 0.05) is 0 Å². The van der Waals surface area contributed by atoms with Crippen LogP contribution in [-0.2, 0) is 16.6 Å². The lowest BCUT2D eigenvalue weighted by Gasteiger charge is -2.27. The number of hydrogen-bond donors (Lipinski definition) is 0. The van der Waals surface area contributed by atoms with Gasteiger partial charge in [-0.15, -0.1) is 0 Å². The summed E-state index contributed by atoms with van der Waals surface area (Å²) in [6, 6.07) is 20.4. The number of benzene rings is 2. The lowest BCUT2D eigenvalue weighted by Crippen LogP contribution is -2.31. The van der Waals surface area contributed by atoms with Gasteiger partial charge in [-0.2, -0.15) is 0 Å². The zero-order valence-corrected chi connectivity index (χ0v) is 11.6. The first-order valence-corrected chi connectivity index (χ1v) is 6.73. The molecule has 0 saturated carbocycles. The maximum atomic E-state index is 12.1. The lowest BCUT2D eigenvalue weighted by atomic mass is 9.75. The van der Waals surface area contributed by atoms with E-state index in [1.165, 1.54) is 5.56 Å². The number of hydrogen-bond acceptors (Lipinski definition) is 1. The topological polar surface area (TPSA) is 17.1 Å². The number of Topliss-reactive ketones (excluding diaryl/α,β-unsaturated/α-hetero) is 1. The zero-order valence-electron chi connectivity index (χ0n) is 11.6. The zero-order chi connectivity index (χ0) is 13.7. The molecular formula is C18H20O. The van der Waals surface area contributed by atoms with Crippen LogP contribution < -0.4 is 0 Å². The van der Waals surface area contributed by atoms with Crippen LogP contribution in [0.25, 0.3) is 0 Å². The molecular weight excluding hydrogens is 232 g/mol. The van der Waals surface area contributed by atoms with Crippen molar-refractivity contribution in [3.05, 3.63) is 71.8 Å². The van der Waals surface area contributed by atoms with Gasteiger partial charge in [0.2, 0.25) is 0 Å². The van der Waals surface area contributed by atoms with Crippen molar-refractivity contribution in [3.8, 4) is 0 Å². The van der Waals surface area contributed by atoms with E-state index in [-0.39, 0.29) is 5.78 Å². The minimum absolute atomic E-state index is 0.231. The summed E-state index contributed by atoms with van der Waals surface area (Å²) in [5, 5.41) is 0. The van der Waals surface area contributed by atoms with Gasteiger partial charge < -0.3 is 0 Å². The predicted octanol–water partition coefficient (Wildman–Crippen LogP) is 4.17. The van der Waals surface area contributed by atoms with Crippen LogP contribution >= 0.6 is 0 Å². The SMILES string of the molecule is CC(=O)C(C)(CCc1ccccc1)c1ccccc1. The second-order valence-electron chi connectivity index (χ2n) is 5.24. The fraction of sp³-hybridized carbons (Fsp3) is 0.278. The van der Waals surface area contributed by atoms with Gasteiger partial charge in [0.05, 0.1) is 5.41 Å². The molecule has 0 fully saturated rings. The third-order valence-electron chi connectivity index (χ3n) is 3.94. The van der Waals surface area contributed by atoms with Gasteiger partial charge in [-0.25, -0.2) is 0 Å². The highest BCUT2D eigenvalue weighted by Gasteiger charge is 2.31. The molecule has 2 rings (SSSR count). The summed E-state index contributed by atoms with van der Waals surface area (Å²) < 4.78 is 0. The molecule has 2 aromatic rings. The predicted molar refractivity (Wildman–Crippen MR) is 79.2 cm³/mol. The molecule has 0 amide bonds. The van der Waals surface area contributed by atoms with E-state index in [2.05, 4.69) is 12.1 Å². The molecule has 0 bridgehead atoms. The largest absolute Gasteiger partial charge is 0.299 e. The number of ketones is 1. The van der Waals surface area contributed by atoms with Crippen LogP contribution in [0.2, 0.25) is 0 Å². The summed E-state index contributed by atoms with van der Waals surface area (Å²) in [6.07, 6.45) is 1.77. The van der Waals surface area contributed by atoms with Crippen molar-refractivity contribution >= 4 is 5.78 Å². The van der Waals surface area contributed by atoms with Crippen molar-refractivity contribution in [3.63, 3.8) is 0 Å². The van der Waals surface area contributed by atoms with Crippen molar-refractivity contribution in [2.75, 3.05) is 0 Å². The van der Waals surface area contributed by atoms with Crippen molar-refractivity contribution in [2.24, 2.45) is 0 Å². The summed E-state index contributed by atoms with van der Waals surface area (Å²) >= 11 is 0. The van der Waals surface area contributed by atoms with Gasteiger partial charge in [0.25, 0.3) is 0 Å². The number of carbonyl (C=O) groups is 1. The Bertz CT molecular complexity index is 530.